The number of hydrogen-bond acceptors (Lipinski definition) is 4. The minimum atomic E-state index is -4.30. The molecule has 0 aliphatic heterocycles. The molecule has 7 heteroatoms. The van der Waals surface area contributed by atoms with E-state index in [0.29, 0.717) is 30.7 Å². The highest BCUT2D eigenvalue weighted by Gasteiger charge is 2.36. The summed E-state index contributed by atoms with van der Waals surface area (Å²) in [6.07, 6.45) is -1.73. The molecule has 1 fully saturated rings. The van der Waals surface area contributed by atoms with Gasteiger partial charge in [0.05, 0.1) is 11.8 Å². The van der Waals surface area contributed by atoms with Crippen LogP contribution >= 0.6 is 0 Å². The number of ether oxygens (including phenoxy) is 2. The van der Waals surface area contributed by atoms with E-state index in [-0.39, 0.29) is 23.7 Å². The van der Waals surface area contributed by atoms with Crippen LogP contribution in [-0.2, 0) is 16.0 Å². The van der Waals surface area contributed by atoms with E-state index in [4.69, 9.17) is 9.47 Å². The lowest BCUT2D eigenvalue weighted by Crippen LogP contribution is -2.41. The maximum atomic E-state index is 12.1. The van der Waals surface area contributed by atoms with Gasteiger partial charge in [-0.3, -0.25) is 9.78 Å². The molecule has 1 aliphatic carbocycles. The van der Waals surface area contributed by atoms with Crippen LogP contribution in [0.15, 0.2) is 18.3 Å². The van der Waals surface area contributed by atoms with Crippen LogP contribution in [0.25, 0.3) is 0 Å². The first-order chi connectivity index (χ1) is 11.5. The standard InChI is InChI=1S/C18H24F3NO3/c1-17(2,3)10-13(23)6-12-7-14(4-5-22-12)25-16-8-15(9-16)24-11-18(19,20)21/h4-5,7,15-16H,6,8-11H2,1-3H3. The van der Waals surface area contributed by atoms with Crippen molar-refractivity contribution in [3.63, 3.8) is 0 Å². The molecule has 140 valence electrons. The number of ketones is 1. The molecule has 4 nitrogen and oxygen atoms in total. The quantitative estimate of drug-likeness (QED) is 0.735. The highest BCUT2D eigenvalue weighted by atomic mass is 19.4. The number of hydrogen-bond donors (Lipinski definition) is 0. The average Bonchev–Trinajstić information content (AvgIpc) is 2.38. The number of rotatable bonds is 7. The van der Waals surface area contributed by atoms with Crippen molar-refractivity contribution in [2.45, 2.75) is 64.8 Å². The van der Waals surface area contributed by atoms with E-state index < -0.39 is 18.9 Å². The van der Waals surface area contributed by atoms with Crippen LogP contribution in [0.3, 0.4) is 0 Å². The van der Waals surface area contributed by atoms with Crippen molar-refractivity contribution in [1.29, 1.82) is 0 Å². The van der Waals surface area contributed by atoms with Crippen molar-refractivity contribution in [1.82, 2.24) is 4.98 Å². The maximum absolute atomic E-state index is 12.1. The Balaban J connectivity index is 1.78. The number of nitrogens with zero attached hydrogens (tertiary/aromatic N) is 1. The predicted octanol–water partition coefficient (Wildman–Crippen LogP) is 4.12. The Kier molecular flexibility index (Phi) is 6.08. The fourth-order valence-corrected chi connectivity index (χ4v) is 2.64. The minimum absolute atomic E-state index is 0.0669. The molecule has 0 aromatic carbocycles. The summed E-state index contributed by atoms with van der Waals surface area (Å²) in [6, 6.07) is 3.39. The Morgan fingerprint density at radius 1 is 1.24 bits per heavy atom. The van der Waals surface area contributed by atoms with E-state index in [1.807, 2.05) is 20.8 Å². The van der Waals surface area contributed by atoms with Crippen molar-refractivity contribution >= 4 is 5.78 Å². The Morgan fingerprint density at radius 3 is 2.52 bits per heavy atom. The highest BCUT2D eigenvalue weighted by Crippen LogP contribution is 2.30. The van der Waals surface area contributed by atoms with Gasteiger partial charge < -0.3 is 9.47 Å². The molecule has 25 heavy (non-hydrogen) atoms. The molecule has 0 unspecified atom stereocenters. The van der Waals surface area contributed by atoms with E-state index in [9.17, 15) is 18.0 Å². The first-order valence-corrected chi connectivity index (χ1v) is 8.32. The fourth-order valence-electron chi connectivity index (χ4n) is 2.64. The molecule has 2 rings (SSSR count). The van der Waals surface area contributed by atoms with E-state index >= 15 is 0 Å². The second kappa shape index (κ2) is 7.72. The first-order valence-electron chi connectivity index (χ1n) is 8.32. The SMILES string of the molecule is CC(C)(C)CC(=O)Cc1cc(OC2CC(OCC(F)(F)F)C2)ccn1. The summed E-state index contributed by atoms with van der Waals surface area (Å²) in [5, 5.41) is 0. The Labute approximate surface area is 145 Å². The Hall–Kier alpha value is -1.63. The van der Waals surface area contributed by atoms with Crippen LogP contribution in [0.1, 0.15) is 45.7 Å². The summed E-state index contributed by atoms with van der Waals surface area (Å²) >= 11 is 0. The zero-order chi connectivity index (χ0) is 18.7. The van der Waals surface area contributed by atoms with Crippen LogP contribution in [0.4, 0.5) is 13.2 Å². The number of carbonyl (C=O) groups is 1. The lowest BCUT2D eigenvalue weighted by atomic mass is 9.89. The van der Waals surface area contributed by atoms with Gasteiger partial charge in [-0.2, -0.15) is 13.2 Å². The number of Topliss-reactive ketones (excluding diaryl/α,β-unsaturated/α-hetero) is 1. The third-order valence-electron chi connectivity index (χ3n) is 3.73. The van der Waals surface area contributed by atoms with Crippen molar-refractivity contribution < 1.29 is 27.4 Å². The molecule has 1 heterocycles. The molecule has 0 saturated heterocycles. The monoisotopic (exact) mass is 359 g/mol. The van der Waals surface area contributed by atoms with E-state index in [1.165, 1.54) is 0 Å². The van der Waals surface area contributed by atoms with Gasteiger partial charge in [0.25, 0.3) is 0 Å². The van der Waals surface area contributed by atoms with Crippen molar-refractivity contribution in [2.75, 3.05) is 6.61 Å². The Morgan fingerprint density at radius 2 is 1.92 bits per heavy atom. The summed E-state index contributed by atoms with van der Waals surface area (Å²) in [4.78, 5) is 16.2. The van der Waals surface area contributed by atoms with Gasteiger partial charge in [-0.1, -0.05) is 20.8 Å². The minimum Gasteiger partial charge on any atom is -0.490 e. The number of halogens is 3. The zero-order valence-corrected chi connectivity index (χ0v) is 14.7. The number of alkyl halides is 3. The summed E-state index contributed by atoms with van der Waals surface area (Å²) < 4.78 is 46.7. The normalized spacial score (nSPS) is 20.9. The molecule has 0 amide bonds. The van der Waals surface area contributed by atoms with E-state index in [2.05, 4.69) is 4.98 Å². The molecule has 0 N–H and O–H groups in total. The predicted molar refractivity (Wildman–Crippen MR) is 86.5 cm³/mol. The summed E-state index contributed by atoms with van der Waals surface area (Å²) in [6.45, 7) is 4.79. The molecular weight excluding hydrogens is 335 g/mol. The van der Waals surface area contributed by atoms with E-state index in [0.717, 1.165) is 0 Å². The van der Waals surface area contributed by atoms with Gasteiger partial charge in [0.15, 0.2) is 0 Å². The molecule has 0 spiro atoms. The van der Waals surface area contributed by atoms with Crippen molar-refractivity contribution in [2.24, 2.45) is 5.41 Å². The van der Waals surface area contributed by atoms with Gasteiger partial charge >= 0.3 is 6.18 Å². The number of aromatic nitrogens is 1. The van der Waals surface area contributed by atoms with Crippen LogP contribution in [0.5, 0.6) is 5.75 Å². The van der Waals surface area contributed by atoms with Gasteiger partial charge in [-0.15, -0.1) is 0 Å². The summed E-state index contributed by atoms with van der Waals surface area (Å²) in [5.41, 5.74) is 0.568. The second-order valence-electron chi connectivity index (χ2n) is 7.70. The average molecular weight is 359 g/mol. The molecule has 0 atom stereocenters. The van der Waals surface area contributed by atoms with Crippen LogP contribution < -0.4 is 4.74 Å². The zero-order valence-electron chi connectivity index (χ0n) is 14.7. The lowest BCUT2D eigenvalue weighted by Gasteiger charge is -2.35. The molecule has 0 radical (unpaired) electrons. The number of carbonyl (C=O) groups excluding carboxylic acids is 1. The van der Waals surface area contributed by atoms with Gasteiger partial charge in [-0.05, 0) is 11.5 Å². The van der Waals surface area contributed by atoms with Crippen LogP contribution in [-0.4, -0.2) is 35.8 Å². The van der Waals surface area contributed by atoms with Crippen LogP contribution in [0, 0.1) is 5.41 Å². The lowest BCUT2D eigenvalue weighted by molar-refractivity contribution is -0.199. The Bertz CT molecular complexity index is 590. The van der Waals surface area contributed by atoms with Crippen LogP contribution in [0.2, 0.25) is 0 Å². The fraction of sp³-hybridized carbons (Fsp3) is 0.667. The summed E-state index contributed by atoms with van der Waals surface area (Å²) in [7, 11) is 0. The molecular formula is C18H24F3NO3. The molecule has 1 aromatic rings. The third-order valence-corrected chi connectivity index (χ3v) is 3.73. The van der Waals surface area contributed by atoms with Gasteiger partial charge in [0, 0.05) is 37.9 Å². The second-order valence-corrected chi connectivity index (χ2v) is 7.70. The molecule has 1 saturated carbocycles. The molecule has 1 aliphatic rings. The summed E-state index contributed by atoms with van der Waals surface area (Å²) in [5.74, 6) is 0.689. The maximum Gasteiger partial charge on any atom is 0.411 e. The largest absolute Gasteiger partial charge is 0.490 e. The van der Waals surface area contributed by atoms with Crippen molar-refractivity contribution in [3.8, 4) is 5.75 Å². The number of pyridine rings is 1. The van der Waals surface area contributed by atoms with Crippen molar-refractivity contribution in [3.05, 3.63) is 24.0 Å². The topological polar surface area (TPSA) is 48.4 Å². The molecule has 0 bridgehead atoms. The van der Waals surface area contributed by atoms with Gasteiger partial charge in [-0.25, -0.2) is 0 Å². The van der Waals surface area contributed by atoms with Gasteiger partial charge in [0.2, 0.25) is 0 Å². The van der Waals surface area contributed by atoms with Gasteiger partial charge in [0.1, 0.15) is 24.2 Å². The third kappa shape index (κ3) is 7.42. The molecule has 1 aromatic heterocycles. The smallest absolute Gasteiger partial charge is 0.411 e. The highest BCUT2D eigenvalue weighted by molar-refractivity contribution is 5.81. The van der Waals surface area contributed by atoms with E-state index in [1.54, 1.807) is 18.3 Å². The first kappa shape index (κ1) is 19.7.